The quantitative estimate of drug-likeness (QED) is 0.600. The van der Waals surface area contributed by atoms with E-state index in [1.54, 1.807) is 6.92 Å². The first kappa shape index (κ1) is 16.9. The maximum absolute atomic E-state index is 13.0. The normalized spacial score (nSPS) is 17.5. The maximum atomic E-state index is 13.0. The van der Waals surface area contributed by atoms with Crippen molar-refractivity contribution < 1.29 is 22.0 Å². The summed E-state index contributed by atoms with van der Waals surface area (Å²) in [5, 5.41) is 0. The van der Waals surface area contributed by atoms with Gasteiger partial charge in [-0.05, 0) is 31.7 Å². The highest BCUT2D eigenvalue weighted by molar-refractivity contribution is 6.46. The first-order valence-electron chi connectivity index (χ1n) is 6.09. The number of rotatable bonds is 9. The van der Waals surface area contributed by atoms with Gasteiger partial charge in [-0.25, -0.2) is 13.2 Å². The zero-order valence-electron chi connectivity index (χ0n) is 11.0. The van der Waals surface area contributed by atoms with Crippen molar-refractivity contribution in [2.75, 3.05) is 13.2 Å². The van der Waals surface area contributed by atoms with Crippen LogP contribution in [0.4, 0.5) is 13.2 Å². The minimum Gasteiger partial charge on any atom is -0.397 e. The monoisotopic (exact) mass is 272 g/mol. The van der Waals surface area contributed by atoms with E-state index in [-0.39, 0.29) is 17.9 Å². The van der Waals surface area contributed by atoms with Crippen LogP contribution in [0.1, 0.15) is 34.1 Å². The van der Waals surface area contributed by atoms with E-state index in [2.05, 4.69) is 0 Å². The topological polar surface area (TPSA) is 18.5 Å². The zero-order valence-corrected chi connectivity index (χ0v) is 12.1. The van der Waals surface area contributed by atoms with Crippen LogP contribution in [0, 0.1) is 5.92 Å². The van der Waals surface area contributed by atoms with Gasteiger partial charge in [0, 0.05) is 13.2 Å². The van der Waals surface area contributed by atoms with Gasteiger partial charge in [-0.1, -0.05) is 13.8 Å². The number of hydrogen-bond donors (Lipinski definition) is 0. The average Bonchev–Trinajstić information content (AvgIpc) is 2.27. The third-order valence-corrected chi connectivity index (χ3v) is 5.70. The van der Waals surface area contributed by atoms with Crippen molar-refractivity contribution in [3.05, 3.63) is 0 Å². The Hall–Kier alpha value is -0.0731. The minimum atomic E-state index is -2.90. The average molecular weight is 272 g/mol. The van der Waals surface area contributed by atoms with Crippen molar-refractivity contribution in [3.63, 3.8) is 0 Å². The Morgan fingerprint density at radius 2 is 1.47 bits per heavy atom. The van der Waals surface area contributed by atoms with Crippen LogP contribution in [-0.2, 0) is 8.85 Å². The molecule has 0 aromatic heterocycles. The van der Waals surface area contributed by atoms with Crippen molar-refractivity contribution in [1.29, 1.82) is 0 Å². The van der Waals surface area contributed by atoms with Crippen LogP contribution in [0.25, 0.3) is 0 Å². The molecule has 0 aliphatic carbocycles. The van der Waals surface area contributed by atoms with Crippen LogP contribution >= 0.6 is 0 Å². The molecule has 0 aromatic rings. The fourth-order valence-electron chi connectivity index (χ4n) is 1.62. The van der Waals surface area contributed by atoms with Gasteiger partial charge in [-0.2, -0.15) is 0 Å². The molecule has 0 saturated carbocycles. The first-order valence-corrected chi connectivity index (χ1v) is 7.70. The molecule has 0 amide bonds. The SMILES string of the molecule is CCO[SiH](OCC)C(C)C(C)CC(F)C(F)F. The van der Waals surface area contributed by atoms with Crippen LogP contribution in [-0.4, -0.2) is 35.1 Å². The molecule has 0 spiro atoms. The van der Waals surface area contributed by atoms with Crippen molar-refractivity contribution in [2.45, 2.75) is 52.3 Å². The summed E-state index contributed by atoms with van der Waals surface area (Å²) < 4.78 is 48.2. The Bertz CT molecular complexity index is 190. The molecule has 104 valence electrons. The lowest BCUT2D eigenvalue weighted by molar-refractivity contribution is 0.0359. The van der Waals surface area contributed by atoms with E-state index < -0.39 is 21.9 Å². The maximum Gasteiger partial charge on any atom is 0.324 e. The van der Waals surface area contributed by atoms with Crippen LogP contribution in [0.5, 0.6) is 0 Å². The molecule has 2 nitrogen and oxygen atoms in total. The van der Waals surface area contributed by atoms with Crippen LogP contribution in [0.3, 0.4) is 0 Å². The Kier molecular flexibility index (Phi) is 8.90. The summed E-state index contributed by atoms with van der Waals surface area (Å²) in [5.74, 6) is -0.159. The van der Waals surface area contributed by atoms with Crippen molar-refractivity contribution in [3.8, 4) is 0 Å². The summed E-state index contributed by atoms with van der Waals surface area (Å²) in [6.45, 7) is 8.49. The van der Waals surface area contributed by atoms with E-state index in [1.807, 2.05) is 20.8 Å². The van der Waals surface area contributed by atoms with Crippen molar-refractivity contribution in [2.24, 2.45) is 5.92 Å². The van der Waals surface area contributed by atoms with Crippen molar-refractivity contribution >= 4 is 9.28 Å². The standard InChI is InChI=1S/C11H23F3O2Si/c1-5-15-17(16-6-2)9(4)8(3)7-10(12)11(13)14/h8-11,17H,5-7H2,1-4H3. The third-order valence-electron chi connectivity index (χ3n) is 2.86. The second kappa shape index (κ2) is 8.94. The highest BCUT2D eigenvalue weighted by atomic mass is 28.3. The molecule has 0 bridgehead atoms. The predicted molar refractivity (Wildman–Crippen MR) is 64.5 cm³/mol. The van der Waals surface area contributed by atoms with Gasteiger partial charge in [0.2, 0.25) is 0 Å². The molecular weight excluding hydrogens is 249 g/mol. The zero-order chi connectivity index (χ0) is 13.4. The lowest BCUT2D eigenvalue weighted by Gasteiger charge is -2.27. The molecule has 0 heterocycles. The highest BCUT2D eigenvalue weighted by Crippen LogP contribution is 2.28. The van der Waals surface area contributed by atoms with Gasteiger partial charge < -0.3 is 8.85 Å². The molecule has 0 aliphatic heterocycles. The predicted octanol–water partition coefficient (Wildman–Crippen LogP) is 3.30. The van der Waals surface area contributed by atoms with E-state index in [4.69, 9.17) is 8.85 Å². The lowest BCUT2D eigenvalue weighted by Crippen LogP contribution is -2.32. The molecule has 0 aliphatic rings. The molecule has 6 heteroatoms. The van der Waals surface area contributed by atoms with Crippen LogP contribution in [0.2, 0.25) is 5.54 Å². The van der Waals surface area contributed by atoms with E-state index in [1.165, 1.54) is 0 Å². The van der Waals surface area contributed by atoms with E-state index >= 15 is 0 Å². The molecule has 0 fully saturated rings. The summed E-state index contributed by atoms with van der Waals surface area (Å²) in [4.78, 5) is 0. The summed E-state index contributed by atoms with van der Waals surface area (Å²) in [6.07, 6.45) is -5.09. The molecular formula is C11H23F3O2Si. The number of halogens is 3. The molecule has 0 rings (SSSR count). The smallest absolute Gasteiger partial charge is 0.324 e. The van der Waals surface area contributed by atoms with Gasteiger partial charge in [-0.15, -0.1) is 0 Å². The Morgan fingerprint density at radius 3 is 1.82 bits per heavy atom. The molecule has 17 heavy (non-hydrogen) atoms. The lowest BCUT2D eigenvalue weighted by atomic mass is 10.0. The molecule has 3 unspecified atom stereocenters. The van der Waals surface area contributed by atoms with Gasteiger partial charge in [0.25, 0.3) is 6.43 Å². The minimum absolute atomic E-state index is 0.0203. The van der Waals surface area contributed by atoms with Gasteiger partial charge in [-0.3, -0.25) is 0 Å². The Morgan fingerprint density at radius 1 is 1.00 bits per heavy atom. The fourth-order valence-corrected chi connectivity index (χ4v) is 3.68. The molecule has 0 radical (unpaired) electrons. The van der Waals surface area contributed by atoms with Gasteiger partial charge in [0.1, 0.15) is 0 Å². The van der Waals surface area contributed by atoms with Crippen LogP contribution < -0.4 is 0 Å². The van der Waals surface area contributed by atoms with E-state index in [9.17, 15) is 13.2 Å². The second-order valence-corrected chi connectivity index (χ2v) is 6.66. The Balaban J connectivity index is 4.27. The summed E-state index contributed by atoms with van der Waals surface area (Å²) in [5.41, 5.74) is 0.0203. The summed E-state index contributed by atoms with van der Waals surface area (Å²) >= 11 is 0. The van der Waals surface area contributed by atoms with Gasteiger partial charge >= 0.3 is 9.28 Å². The number of alkyl halides is 3. The van der Waals surface area contributed by atoms with Crippen molar-refractivity contribution in [1.82, 2.24) is 0 Å². The first-order chi connectivity index (χ1) is 7.93. The van der Waals surface area contributed by atoms with Gasteiger partial charge in [0.15, 0.2) is 6.17 Å². The largest absolute Gasteiger partial charge is 0.397 e. The fraction of sp³-hybridized carbons (Fsp3) is 1.00. The second-order valence-electron chi connectivity index (χ2n) is 4.20. The molecule has 0 aromatic carbocycles. The molecule has 3 atom stereocenters. The highest BCUT2D eigenvalue weighted by Gasteiger charge is 2.31. The third kappa shape index (κ3) is 6.43. The molecule has 0 N–H and O–H groups in total. The summed E-state index contributed by atoms with van der Waals surface area (Å²) in [6, 6.07) is 0. The summed E-state index contributed by atoms with van der Waals surface area (Å²) in [7, 11) is -1.89. The molecule has 0 saturated heterocycles. The van der Waals surface area contributed by atoms with Crippen LogP contribution in [0.15, 0.2) is 0 Å². The number of hydrogen-bond acceptors (Lipinski definition) is 2. The van der Waals surface area contributed by atoms with E-state index in [0.29, 0.717) is 13.2 Å². The van der Waals surface area contributed by atoms with E-state index in [0.717, 1.165) is 0 Å². The Labute approximate surface area is 103 Å². The van der Waals surface area contributed by atoms with Gasteiger partial charge in [0.05, 0.1) is 0 Å².